The second kappa shape index (κ2) is 6.79. The molecule has 0 saturated carbocycles. The summed E-state index contributed by atoms with van der Waals surface area (Å²) in [5, 5.41) is 23.6. The van der Waals surface area contributed by atoms with Crippen LogP contribution in [0.1, 0.15) is 33.3 Å². The fraction of sp³-hybridized carbons (Fsp3) is 0.400. The number of tetrazole rings is 1. The van der Waals surface area contributed by atoms with E-state index in [0.29, 0.717) is 16.4 Å². The van der Waals surface area contributed by atoms with Gasteiger partial charge in [-0.1, -0.05) is 23.9 Å². The van der Waals surface area contributed by atoms with Crippen LogP contribution in [-0.2, 0) is 10.3 Å². The number of thioether (sulfide) groups is 1. The number of hydrogen-bond acceptors (Lipinski definition) is 6. The monoisotopic (exact) mass is 330 g/mol. The Bertz CT molecular complexity index is 743. The van der Waals surface area contributed by atoms with Gasteiger partial charge in [-0.2, -0.15) is 5.26 Å². The molecule has 1 aromatic carbocycles. The fourth-order valence-corrected chi connectivity index (χ4v) is 2.79. The van der Waals surface area contributed by atoms with Gasteiger partial charge in [0, 0.05) is 0 Å². The van der Waals surface area contributed by atoms with Gasteiger partial charge in [-0.25, -0.2) is 4.68 Å². The highest BCUT2D eigenvalue weighted by atomic mass is 32.2. The average molecular weight is 330 g/mol. The highest BCUT2D eigenvalue weighted by Crippen LogP contribution is 2.26. The van der Waals surface area contributed by atoms with Crippen LogP contribution in [-0.4, -0.2) is 31.4 Å². The Balaban J connectivity index is 2.10. The highest BCUT2D eigenvalue weighted by Gasteiger charge is 2.24. The minimum atomic E-state index is -0.408. The van der Waals surface area contributed by atoms with E-state index in [-0.39, 0.29) is 11.4 Å². The number of para-hydroxylation sites is 1. The molecule has 0 aliphatic heterocycles. The maximum Gasteiger partial charge on any atom is 0.237 e. The predicted molar refractivity (Wildman–Crippen MR) is 87.9 cm³/mol. The molecule has 2 rings (SSSR count). The fourth-order valence-electron chi connectivity index (χ4n) is 1.81. The molecular formula is C15H18N6OS. The van der Waals surface area contributed by atoms with Crippen LogP contribution in [0.15, 0.2) is 29.4 Å². The molecule has 7 nitrogen and oxygen atoms in total. The molecule has 0 fully saturated rings. The molecule has 0 saturated heterocycles. The summed E-state index contributed by atoms with van der Waals surface area (Å²) in [5.41, 5.74) is 0.663. The lowest BCUT2D eigenvalue weighted by molar-refractivity contribution is -0.115. The van der Waals surface area contributed by atoms with Crippen LogP contribution in [0.2, 0.25) is 0 Å². The molecule has 23 heavy (non-hydrogen) atoms. The standard InChI is InChI=1S/C15H18N6OS/c1-10(23-14-18-19-20-21(14)15(2,3)4)13(22)17-12-8-6-5-7-11(12)9-16/h5-8,10H,1-4H3,(H,17,22). The van der Waals surface area contributed by atoms with Gasteiger partial charge in [0.1, 0.15) is 6.07 Å². The van der Waals surface area contributed by atoms with Gasteiger partial charge < -0.3 is 5.32 Å². The summed E-state index contributed by atoms with van der Waals surface area (Å²) in [5.74, 6) is -0.207. The van der Waals surface area contributed by atoms with Gasteiger partial charge in [0.2, 0.25) is 11.1 Å². The number of carbonyl (C=O) groups is 1. The van der Waals surface area contributed by atoms with Crippen LogP contribution in [0.3, 0.4) is 0 Å². The largest absolute Gasteiger partial charge is 0.324 e. The average Bonchev–Trinajstić information content (AvgIpc) is 2.96. The van der Waals surface area contributed by atoms with Crippen LogP contribution >= 0.6 is 11.8 Å². The van der Waals surface area contributed by atoms with Crippen molar-refractivity contribution in [1.29, 1.82) is 5.26 Å². The van der Waals surface area contributed by atoms with Gasteiger partial charge in [0.05, 0.1) is 22.0 Å². The summed E-state index contributed by atoms with van der Waals surface area (Å²) in [6, 6.07) is 8.94. The van der Waals surface area contributed by atoms with Gasteiger partial charge in [-0.05, 0) is 50.3 Å². The summed E-state index contributed by atoms with van der Waals surface area (Å²) in [7, 11) is 0. The molecule has 0 bridgehead atoms. The summed E-state index contributed by atoms with van der Waals surface area (Å²) in [6.07, 6.45) is 0. The highest BCUT2D eigenvalue weighted by molar-refractivity contribution is 8.00. The molecule has 1 N–H and O–H groups in total. The Hall–Kier alpha value is -2.40. The van der Waals surface area contributed by atoms with Gasteiger partial charge in [0.25, 0.3) is 0 Å². The maximum atomic E-state index is 12.3. The molecule has 0 aliphatic carbocycles. The van der Waals surface area contributed by atoms with Crippen molar-refractivity contribution < 1.29 is 4.79 Å². The molecule has 1 unspecified atom stereocenters. The minimum Gasteiger partial charge on any atom is -0.324 e. The van der Waals surface area contributed by atoms with E-state index in [2.05, 4.69) is 26.9 Å². The Morgan fingerprint density at radius 1 is 1.39 bits per heavy atom. The Morgan fingerprint density at radius 2 is 2.09 bits per heavy atom. The summed E-state index contributed by atoms with van der Waals surface area (Å²) >= 11 is 1.28. The Morgan fingerprint density at radius 3 is 2.74 bits per heavy atom. The van der Waals surface area contributed by atoms with E-state index >= 15 is 0 Å². The van der Waals surface area contributed by atoms with Crippen LogP contribution in [0, 0.1) is 11.3 Å². The summed E-state index contributed by atoms with van der Waals surface area (Å²) in [6.45, 7) is 7.74. The number of anilines is 1. The van der Waals surface area contributed by atoms with Crippen molar-refractivity contribution in [1.82, 2.24) is 20.2 Å². The predicted octanol–water partition coefficient (Wildman–Crippen LogP) is 2.42. The van der Waals surface area contributed by atoms with Gasteiger partial charge in [0.15, 0.2) is 0 Å². The number of aromatic nitrogens is 4. The number of benzene rings is 1. The molecule has 1 atom stereocenters. The van der Waals surface area contributed by atoms with E-state index in [1.807, 2.05) is 20.8 Å². The number of rotatable bonds is 4. The van der Waals surface area contributed by atoms with Gasteiger partial charge in [-0.15, -0.1) is 5.10 Å². The summed E-state index contributed by atoms with van der Waals surface area (Å²) < 4.78 is 1.69. The first-order valence-corrected chi connectivity index (χ1v) is 7.96. The Labute approximate surface area is 139 Å². The third-order valence-electron chi connectivity index (χ3n) is 3.03. The number of nitrogens with one attached hydrogen (secondary N) is 1. The number of amides is 1. The zero-order valence-electron chi connectivity index (χ0n) is 13.4. The zero-order chi connectivity index (χ0) is 17.0. The molecule has 1 amide bonds. The van der Waals surface area contributed by atoms with Crippen LogP contribution in [0.25, 0.3) is 0 Å². The zero-order valence-corrected chi connectivity index (χ0v) is 14.3. The van der Waals surface area contributed by atoms with E-state index in [4.69, 9.17) is 5.26 Å². The quantitative estimate of drug-likeness (QED) is 0.865. The lowest BCUT2D eigenvalue weighted by atomic mass is 10.1. The molecule has 0 radical (unpaired) electrons. The molecule has 1 aromatic heterocycles. The number of nitriles is 1. The minimum absolute atomic E-state index is 0.207. The molecule has 0 spiro atoms. The molecule has 120 valence electrons. The van der Waals surface area contributed by atoms with Crippen molar-refractivity contribution in [3.63, 3.8) is 0 Å². The van der Waals surface area contributed by atoms with E-state index in [1.165, 1.54) is 11.8 Å². The van der Waals surface area contributed by atoms with Gasteiger partial charge in [-0.3, -0.25) is 4.79 Å². The van der Waals surface area contributed by atoms with Crippen LogP contribution < -0.4 is 5.32 Å². The lowest BCUT2D eigenvalue weighted by Gasteiger charge is -2.20. The van der Waals surface area contributed by atoms with Gasteiger partial charge >= 0.3 is 0 Å². The Kier molecular flexibility index (Phi) is 5.01. The molecule has 2 aromatic rings. The topological polar surface area (TPSA) is 96.5 Å². The smallest absolute Gasteiger partial charge is 0.237 e. The lowest BCUT2D eigenvalue weighted by Crippen LogP contribution is -2.27. The van der Waals surface area contributed by atoms with Crippen molar-refractivity contribution in [2.24, 2.45) is 0 Å². The first-order chi connectivity index (χ1) is 10.8. The maximum absolute atomic E-state index is 12.3. The van der Waals surface area contributed by atoms with Crippen molar-refractivity contribution in [2.75, 3.05) is 5.32 Å². The first-order valence-electron chi connectivity index (χ1n) is 7.08. The van der Waals surface area contributed by atoms with Crippen LogP contribution in [0.4, 0.5) is 5.69 Å². The van der Waals surface area contributed by atoms with E-state index in [9.17, 15) is 4.79 Å². The van der Waals surface area contributed by atoms with E-state index in [1.54, 1.807) is 35.9 Å². The van der Waals surface area contributed by atoms with Crippen molar-refractivity contribution >= 4 is 23.4 Å². The van der Waals surface area contributed by atoms with Crippen LogP contribution in [0.5, 0.6) is 0 Å². The van der Waals surface area contributed by atoms with Crippen molar-refractivity contribution in [3.05, 3.63) is 29.8 Å². The van der Waals surface area contributed by atoms with E-state index in [0.717, 1.165) is 0 Å². The first kappa shape index (κ1) is 17.0. The molecular weight excluding hydrogens is 312 g/mol. The molecule has 8 heteroatoms. The number of hydrogen-bond donors (Lipinski definition) is 1. The van der Waals surface area contributed by atoms with Crippen molar-refractivity contribution in [2.45, 2.75) is 43.6 Å². The second-order valence-corrected chi connectivity index (χ2v) is 7.26. The third-order valence-corrected chi connectivity index (χ3v) is 4.07. The normalized spacial score (nSPS) is 12.5. The third kappa shape index (κ3) is 4.07. The number of nitrogens with zero attached hydrogens (tertiary/aromatic N) is 5. The van der Waals surface area contributed by atoms with E-state index < -0.39 is 5.25 Å². The van der Waals surface area contributed by atoms with Crippen molar-refractivity contribution in [3.8, 4) is 6.07 Å². The molecule has 0 aliphatic rings. The summed E-state index contributed by atoms with van der Waals surface area (Å²) in [4.78, 5) is 12.3. The molecule has 1 heterocycles. The number of carbonyl (C=O) groups excluding carboxylic acids is 1. The SMILES string of the molecule is CC(Sc1nnnn1C(C)(C)C)C(=O)Nc1ccccc1C#N. The second-order valence-electron chi connectivity index (χ2n) is 5.95.